The van der Waals surface area contributed by atoms with Gasteiger partial charge in [0.1, 0.15) is 6.10 Å². The van der Waals surface area contributed by atoms with E-state index < -0.39 is 5.97 Å². The maximum atomic E-state index is 12.3. The van der Waals surface area contributed by atoms with Crippen molar-refractivity contribution in [2.24, 2.45) is 0 Å². The predicted octanol–water partition coefficient (Wildman–Crippen LogP) is 0.717. The number of cyclic esters (lactones) is 1. The average molecular weight is 460 g/mol. The zero-order valence-corrected chi connectivity index (χ0v) is 19.5. The Morgan fingerprint density at radius 3 is 2.21 bits per heavy atom. The van der Waals surface area contributed by atoms with Crippen molar-refractivity contribution in [2.75, 3.05) is 85.1 Å². The number of carboxylic acid groups (broad SMARTS) is 1. The maximum absolute atomic E-state index is 12.3. The van der Waals surface area contributed by atoms with Crippen molar-refractivity contribution in [1.29, 1.82) is 0 Å². The van der Waals surface area contributed by atoms with Gasteiger partial charge in [0.15, 0.2) is 0 Å². The molecule has 182 valence electrons. The van der Waals surface area contributed by atoms with Crippen molar-refractivity contribution < 1.29 is 19.4 Å². The number of hydrogen-bond donors (Lipinski definition) is 1. The summed E-state index contributed by atoms with van der Waals surface area (Å²) < 4.78 is 5.60. The molecule has 0 saturated carbocycles. The Morgan fingerprint density at radius 1 is 0.879 bits per heavy atom. The SMILES string of the molecule is O=C(O)CN1CCN(CC2CN(CCCN3CCN(Cc4ccccc4)CC3)C(=O)O2)CC1. The number of carbonyl (C=O) groups is 2. The fourth-order valence-corrected chi connectivity index (χ4v) is 4.96. The van der Waals surface area contributed by atoms with Crippen LogP contribution in [0.1, 0.15) is 12.0 Å². The summed E-state index contributed by atoms with van der Waals surface area (Å²) in [5, 5.41) is 8.92. The van der Waals surface area contributed by atoms with Gasteiger partial charge in [0, 0.05) is 72.0 Å². The maximum Gasteiger partial charge on any atom is 0.410 e. The van der Waals surface area contributed by atoms with Crippen molar-refractivity contribution in [3.8, 4) is 0 Å². The zero-order chi connectivity index (χ0) is 23.0. The molecule has 3 aliphatic heterocycles. The van der Waals surface area contributed by atoms with Gasteiger partial charge >= 0.3 is 12.1 Å². The van der Waals surface area contributed by atoms with E-state index in [0.717, 1.165) is 85.0 Å². The number of carbonyl (C=O) groups excluding carboxylic acids is 1. The van der Waals surface area contributed by atoms with Crippen LogP contribution in [0.2, 0.25) is 0 Å². The highest BCUT2D eigenvalue weighted by Gasteiger charge is 2.33. The summed E-state index contributed by atoms with van der Waals surface area (Å²) >= 11 is 0. The Hall–Kier alpha value is -2.20. The average Bonchev–Trinajstić information content (AvgIpc) is 3.15. The molecule has 1 unspecified atom stereocenters. The second-order valence-electron chi connectivity index (χ2n) is 9.38. The van der Waals surface area contributed by atoms with E-state index in [-0.39, 0.29) is 18.7 Å². The quantitative estimate of drug-likeness (QED) is 0.548. The molecule has 1 amide bonds. The minimum Gasteiger partial charge on any atom is -0.480 e. The van der Waals surface area contributed by atoms with E-state index in [1.165, 1.54) is 5.56 Å². The van der Waals surface area contributed by atoms with E-state index in [0.29, 0.717) is 6.54 Å². The summed E-state index contributed by atoms with van der Waals surface area (Å²) in [6.45, 7) is 11.7. The van der Waals surface area contributed by atoms with E-state index in [9.17, 15) is 9.59 Å². The Morgan fingerprint density at radius 2 is 1.52 bits per heavy atom. The summed E-state index contributed by atoms with van der Waals surface area (Å²) in [6, 6.07) is 10.6. The molecule has 9 nitrogen and oxygen atoms in total. The molecule has 3 aliphatic rings. The first-order chi connectivity index (χ1) is 16.0. The lowest BCUT2D eigenvalue weighted by molar-refractivity contribution is -0.138. The molecular weight excluding hydrogens is 422 g/mol. The van der Waals surface area contributed by atoms with Gasteiger partial charge in [-0.05, 0) is 18.5 Å². The smallest absolute Gasteiger partial charge is 0.410 e. The fraction of sp³-hybridized carbons (Fsp3) is 0.667. The van der Waals surface area contributed by atoms with Gasteiger partial charge in [-0.25, -0.2) is 4.79 Å². The number of hydrogen-bond acceptors (Lipinski definition) is 7. The molecular formula is C24H37N5O4. The van der Waals surface area contributed by atoms with Crippen molar-refractivity contribution >= 4 is 12.1 Å². The van der Waals surface area contributed by atoms with Crippen molar-refractivity contribution in [2.45, 2.75) is 19.1 Å². The van der Waals surface area contributed by atoms with E-state index in [4.69, 9.17) is 9.84 Å². The molecule has 3 heterocycles. The number of benzene rings is 1. The van der Waals surface area contributed by atoms with E-state index in [1.54, 1.807) is 0 Å². The third-order valence-electron chi connectivity index (χ3n) is 6.85. The van der Waals surface area contributed by atoms with Gasteiger partial charge in [0.25, 0.3) is 0 Å². The van der Waals surface area contributed by atoms with Gasteiger partial charge in [-0.1, -0.05) is 30.3 Å². The molecule has 1 aromatic carbocycles. The molecule has 0 aromatic heterocycles. The van der Waals surface area contributed by atoms with Gasteiger partial charge in [0.05, 0.1) is 13.1 Å². The Labute approximate surface area is 196 Å². The van der Waals surface area contributed by atoms with Gasteiger partial charge in [0.2, 0.25) is 0 Å². The van der Waals surface area contributed by atoms with Crippen LogP contribution in [-0.2, 0) is 16.1 Å². The number of aliphatic carboxylic acids is 1. The first-order valence-corrected chi connectivity index (χ1v) is 12.2. The summed E-state index contributed by atoms with van der Waals surface area (Å²) in [6.07, 6.45) is 0.677. The minimum atomic E-state index is -0.780. The van der Waals surface area contributed by atoms with Crippen LogP contribution in [0, 0.1) is 0 Å². The highest BCUT2D eigenvalue weighted by Crippen LogP contribution is 2.15. The largest absolute Gasteiger partial charge is 0.480 e. The van der Waals surface area contributed by atoms with Gasteiger partial charge in [-0.3, -0.25) is 19.5 Å². The van der Waals surface area contributed by atoms with Crippen LogP contribution in [0.4, 0.5) is 4.79 Å². The molecule has 4 rings (SSSR count). The highest BCUT2D eigenvalue weighted by molar-refractivity contribution is 5.70. The molecule has 0 radical (unpaired) electrons. The van der Waals surface area contributed by atoms with E-state index in [1.807, 2.05) is 9.80 Å². The number of nitrogens with zero attached hydrogens (tertiary/aromatic N) is 5. The van der Waals surface area contributed by atoms with E-state index >= 15 is 0 Å². The number of carboxylic acids is 1. The second kappa shape index (κ2) is 11.8. The third kappa shape index (κ3) is 7.40. The van der Waals surface area contributed by atoms with Crippen LogP contribution in [0.3, 0.4) is 0 Å². The predicted molar refractivity (Wildman–Crippen MR) is 125 cm³/mol. The number of rotatable bonds is 10. The normalized spacial score (nSPS) is 23.7. The Bertz CT molecular complexity index is 763. The third-order valence-corrected chi connectivity index (χ3v) is 6.85. The first kappa shape index (κ1) is 23.9. The molecule has 9 heteroatoms. The lowest BCUT2D eigenvalue weighted by Crippen LogP contribution is -2.50. The van der Waals surface area contributed by atoms with Crippen LogP contribution < -0.4 is 0 Å². The highest BCUT2D eigenvalue weighted by atomic mass is 16.6. The van der Waals surface area contributed by atoms with Crippen molar-refractivity contribution in [3.63, 3.8) is 0 Å². The van der Waals surface area contributed by atoms with Crippen LogP contribution in [0.15, 0.2) is 30.3 Å². The summed E-state index contributed by atoms with van der Waals surface area (Å²) in [5.74, 6) is -0.780. The second-order valence-corrected chi connectivity index (χ2v) is 9.38. The molecule has 1 atom stereocenters. The molecule has 3 fully saturated rings. The number of piperazine rings is 2. The fourth-order valence-electron chi connectivity index (χ4n) is 4.96. The lowest BCUT2D eigenvalue weighted by Gasteiger charge is -2.35. The van der Waals surface area contributed by atoms with Gasteiger partial charge < -0.3 is 19.6 Å². The van der Waals surface area contributed by atoms with Gasteiger partial charge in [-0.15, -0.1) is 0 Å². The Kier molecular flexibility index (Phi) is 8.55. The lowest BCUT2D eigenvalue weighted by atomic mass is 10.2. The number of amides is 1. The first-order valence-electron chi connectivity index (χ1n) is 12.2. The molecule has 0 spiro atoms. The standard InChI is InChI=1S/C24H37N5O4/c30-23(31)20-28-15-13-27(14-16-28)18-22-19-29(24(32)33-22)8-4-7-25-9-11-26(12-10-25)17-21-5-2-1-3-6-21/h1-3,5-6,22H,4,7-20H2,(H,30,31). The molecule has 33 heavy (non-hydrogen) atoms. The van der Waals surface area contributed by atoms with Crippen molar-refractivity contribution in [3.05, 3.63) is 35.9 Å². The monoisotopic (exact) mass is 459 g/mol. The molecule has 3 saturated heterocycles. The topological polar surface area (TPSA) is 79.8 Å². The van der Waals surface area contributed by atoms with Crippen LogP contribution in [0.25, 0.3) is 0 Å². The van der Waals surface area contributed by atoms with Gasteiger partial charge in [-0.2, -0.15) is 0 Å². The molecule has 0 bridgehead atoms. The van der Waals surface area contributed by atoms with E-state index in [2.05, 4.69) is 45.0 Å². The number of ether oxygens (including phenoxy) is 1. The Balaban J connectivity index is 1.09. The summed E-state index contributed by atoms with van der Waals surface area (Å²) in [5.41, 5.74) is 1.37. The van der Waals surface area contributed by atoms with Crippen LogP contribution >= 0.6 is 0 Å². The van der Waals surface area contributed by atoms with Crippen LogP contribution in [-0.4, -0.2) is 133 Å². The summed E-state index contributed by atoms with van der Waals surface area (Å²) in [4.78, 5) is 34.2. The summed E-state index contributed by atoms with van der Waals surface area (Å²) in [7, 11) is 0. The molecule has 0 aliphatic carbocycles. The minimum absolute atomic E-state index is 0.0925. The molecule has 1 N–H and O–H groups in total. The van der Waals surface area contributed by atoms with Crippen molar-refractivity contribution in [1.82, 2.24) is 24.5 Å². The zero-order valence-electron chi connectivity index (χ0n) is 19.5. The van der Waals surface area contributed by atoms with Crippen LogP contribution in [0.5, 0.6) is 0 Å². The molecule has 1 aromatic rings.